The molecular formula is C19H25N3O2. The molecule has 3 aliphatic rings. The molecule has 5 heteroatoms. The van der Waals surface area contributed by atoms with Crippen LogP contribution in [0.15, 0.2) is 24.3 Å². The number of aryl methyl sites for hydroxylation is 1. The molecule has 0 bridgehead atoms. The predicted molar refractivity (Wildman–Crippen MR) is 91.6 cm³/mol. The van der Waals surface area contributed by atoms with Gasteiger partial charge in [-0.2, -0.15) is 0 Å². The number of nitrogens with zero attached hydrogens (tertiary/aromatic N) is 2. The molecule has 2 saturated heterocycles. The zero-order valence-corrected chi connectivity index (χ0v) is 14.4. The van der Waals surface area contributed by atoms with Crippen molar-refractivity contribution in [1.29, 1.82) is 0 Å². The molecule has 2 unspecified atom stereocenters. The van der Waals surface area contributed by atoms with Crippen LogP contribution in [0.4, 0.5) is 4.79 Å². The smallest absolute Gasteiger partial charge is 0.322 e. The van der Waals surface area contributed by atoms with Crippen LogP contribution in [0.2, 0.25) is 0 Å². The maximum Gasteiger partial charge on any atom is 0.325 e. The fourth-order valence-electron chi connectivity index (χ4n) is 4.60. The largest absolute Gasteiger partial charge is 0.325 e. The number of urea groups is 1. The van der Waals surface area contributed by atoms with E-state index in [1.165, 1.54) is 22.4 Å². The van der Waals surface area contributed by atoms with E-state index in [-0.39, 0.29) is 18.0 Å². The summed E-state index contributed by atoms with van der Waals surface area (Å²) in [6, 6.07) is 8.69. The number of amides is 3. The van der Waals surface area contributed by atoms with Crippen LogP contribution in [0.3, 0.4) is 0 Å². The van der Waals surface area contributed by atoms with Crippen LogP contribution in [0.1, 0.15) is 50.3 Å². The first-order chi connectivity index (χ1) is 11.5. The summed E-state index contributed by atoms with van der Waals surface area (Å²) in [6.07, 6.45) is 4.16. The van der Waals surface area contributed by atoms with Crippen LogP contribution < -0.4 is 5.32 Å². The van der Waals surface area contributed by atoms with Crippen molar-refractivity contribution in [2.75, 3.05) is 13.1 Å². The number of rotatable bonds is 2. The monoisotopic (exact) mass is 327 g/mol. The van der Waals surface area contributed by atoms with Crippen molar-refractivity contribution < 1.29 is 9.59 Å². The Balaban J connectivity index is 1.58. The molecule has 4 rings (SSSR count). The van der Waals surface area contributed by atoms with Gasteiger partial charge >= 0.3 is 6.03 Å². The Morgan fingerprint density at radius 1 is 1.25 bits per heavy atom. The molecule has 0 radical (unpaired) electrons. The third-order valence-electron chi connectivity index (χ3n) is 5.79. The van der Waals surface area contributed by atoms with E-state index >= 15 is 0 Å². The summed E-state index contributed by atoms with van der Waals surface area (Å²) in [5, 5.41) is 3.00. The SMILES string of the molecule is CC(C)N1C(=O)NC2(CCN(C3CCCc4ccccc43)C2)C1=O. The number of carbonyl (C=O) groups excluding carboxylic acids is 2. The van der Waals surface area contributed by atoms with Gasteiger partial charge in [-0.1, -0.05) is 24.3 Å². The second-order valence-corrected chi connectivity index (χ2v) is 7.61. The Morgan fingerprint density at radius 3 is 2.79 bits per heavy atom. The van der Waals surface area contributed by atoms with E-state index in [2.05, 4.69) is 34.5 Å². The standard InChI is InChI=1S/C19H25N3O2/c1-13(2)22-17(23)19(20-18(22)24)10-11-21(12-19)16-9-5-7-14-6-3-4-8-15(14)16/h3-4,6,8,13,16H,5,7,9-12H2,1-2H3,(H,20,24). The Kier molecular flexibility index (Phi) is 3.64. The molecule has 0 saturated carbocycles. The van der Waals surface area contributed by atoms with Crippen LogP contribution in [-0.2, 0) is 11.2 Å². The lowest BCUT2D eigenvalue weighted by atomic mass is 9.87. The predicted octanol–water partition coefficient (Wildman–Crippen LogP) is 2.47. The molecule has 2 fully saturated rings. The van der Waals surface area contributed by atoms with E-state index in [4.69, 9.17) is 0 Å². The molecular weight excluding hydrogens is 302 g/mol. The Bertz CT molecular complexity index is 687. The third-order valence-corrected chi connectivity index (χ3v) is 5.79. The van der Waals surface area contributed by atoms with Crippen LogP contribution >= 0.6 is 0 Å². The highest BCUT2D eigenvalue weighted by molar-refractivity contribution is 6.07. The molecule has 1 N–H and O–H groups in total. The van der Waals surface area contributed by atoms with Gasteiger partial charge in [-0.05, 0) is 50.7 Å². The molecule has 2 aliphatic heterocycles. The summed E-state index contributed by atoms with van der Waals surface area (Å²) in [4.78, 5) is 28.9. The van der Waals surface area contributed by atoms with Crippen LogP contribution in [0, 0.1) is 0 Å². The fourth-order valence-corrected chi connectivity index (χ4v) is 4.60. The summed E-state index contributed by atoms with van der Waals surface area (Å²) in [7, 11) is 0. The number of benzene rings is 1. The van der Waals surface area contributed by atoms with Crippen LogP contribution in [0.25, 0.3) is 0 Å². The summed E-state index contributed by atoms with van der Waals surface area (Å²) in [6.45, 7) is 5.26. The number of likely N-dealkylation sites (tertiary alicyclic amines) is 1. The number of fused-ring (bicyclic) bond motifs is 1. The quantitative estimate of drug-likeness (QED) is 0.849. The second-order valence-electron chi connectivity index (χ2n) is 7.61. The van der Waals surface area contributed by atoms with Crippen molar-refractivity contribution in [2.24, 2.45) is 0 Å². The van der Waals surface area contributed by atoms with E-state index in [0.717, 1.165) is 19.4 Å². The first-order valence-electron chi connectivity index (χ1n) is 8.99. The Hall–Kier alpha value is -1.88. The van der Waals surface area contributed by atoms with E-state index < -0.39 is 5.54 Å². The van der Waals surface area contributed by atoms with Crippen molar-refractivity contribution in [2.45, 2.75) is 57.2 Å². The van der Waals surface area contributed by atoms with Crippen molar-refractivity contribution in [1.82, 2.24) is 15.1 Å². The van der Waals surface area contributed by atoms with Gasteiger partial charge in [0.05, 0.1) is 0 Å². The van der Waals surface area contributed by atoms with Gasteiger partial charge in [0.1, 0.15) is 5.54 Å². The molecule has 0 aromatic heterocycles. The van der Waals surface area contributed by atoms with Crippen molar-refractivity contribution in [3.8, 4) is 0 Å². The van der Waals surface area contributed by atoms with Gasteiger partial charge in [-0.3, -0.25) is 14.6 Å². The second kappa shape index (κ2) is 5.59. The van der Waals surface area contributed by atoms with E-state index in [1.54, 1.807) is 0 Å². The van der Waals surface area contributed by atoms with Gasteiger partial charge in [-0.25, -0.2) is 4.79 Å². The van der Waals surface area contributed by atoms with Crippen molar-refractivity contribution in [3.05, 3.63) is 35.4 Å². The number of hydrogen-bond donors (Lipinski definition) is 1. The molecule has 5 nitrogen and oxygen atoms in total. The molecule has 1 spiro atoms. The van der Waals surface area contributed by atoms with E-state index in [9.17, 15) is 9.59 Å². The number of imide groups is 1. The third kappa shape index (κ3) is 2.25. The summed E-state index contributed by atoms with van der Waals surface area (Å²) in [5.41, 5.74) is 2.12. The van der Waals surface area contributed by atoms with Gasteiger partial charge in [0.15, 0.2) is 0 Å². The first kappa shape index (κ1) is 15.6. The maximum absolute atomic E-state index is 12.9. The van der Waals surface area contributed by atoms with Crippen molar-refractivity contribution in [3.63, 3.8) is 0 Å². The molecule has 2 atom stereocenters. The highest BCUT2D eigenvalue weighted by Crippen LogP contribution is 2.39. The van der Waals surface area contributed by atoms with Crippen LogP contribution in [0.5, 0.6) is 0 Å². The zero-order chi connectivity index (χ0) is 16.9. The van der Waals surface area contributed by atoms with Crippen molar-refractivity contribution >= 4 is 11.9 Å². The average molecular weight is 327 g/mol. The minimum Gasteiger partial charge on any atom is -0.322 e. The maximum atomic E-state index is 12.9. The molecule has 1 aromatic carbocycles. The fraction of sp³-hybridized carbons (Fsp3) is 0.579. The van der Waals surface area contributed by atoms with Crippen LogP contribution in [-0.4, -0.2) is 46.4 Å². The number of carbonyl (C=O) groups is 2. The number of hydrogen-bond acceptors (Lipinski definition) is 3. The lowest BCUT2D eigenvalue weighted by molar-refractivity contribution is -0.132. The minimum absolute atomic E-state index is 0.0471. The number of nitrogens with one attached hydrogen (secondary N) is 1. The lowest BCUT2D eigenvalue weighted by Gasteiger charge is -2.34. The van der Waals surface area contributed by atoms with Gasteiger partial charge in [0.25, 0.3) is 5.91 Å². The molecule has 1 aromatic rings. The van der Waals surface area contributed by atoms with Gasteiger partial charge in [0.2, 0.25) is 0 Å². The summed E-state index contributed by atoms with van der Waals surface area (Å²) < 4.78 is 0. The minimum atomic E-state index is -0.715. The highest BCUT2D eigenvalue weighted by atomic mass is 16.2. The lowest BCUT2D eigenvalue weighted by Crippen LogP contribution is -2.50. The van der Waals surface area contributed by atoms with Gasteiger partial charge < -0.3 is 5.32 Å². The molecule has 2 heterocycles. The topological polar surface area (TPSA) is 52.7 Å². The first-order valence-corrected chi connectivity index (χ1v) is 8.99. The van der Waals surface area contributed by atoms with E-state index in [0.29, 0.717) is 19.0 Å². The van der Waals surface area contributed by atoms with Gasteiger partial charge in [-0.15, -0.1) is 0 Å². The Labute approximate surface area is 143 Å². The summed E-state index contributed by atoms with van der Waals surface area (Å²) >= 11 is 0. The molecule has 1 aliphatic carbocycles. The zero-order valence-electron chi connectivity index (χ0n) is 14.4. The van der Waals surface area contributed by atoms with Gasteiger partial charge in [0, 0.05) is 25.2 Å². The summed E-state index contributed by atoms with van der Waals surface area (Å²) in [5.74, 6) is -0.0471. The highest BCUT2D eigenvalue weighted by Gasteiger charge is 2.56. The molecule has 128 valence electrons. The molecule has 3 amide bonds. The normalized spacial score (nSPS) is 30.3. The van der Waals surface area contributed by atoms with E-state index in [1.807, 2.05) is 13.8 Å². The Morgan fingerprint density at radius 2 is 2.04 bits per heavy atom. The average Bonchev–Trinajstić information content (AvgIpc) is 3.09. The molecule has 24 heavy (non-hydrogen) atoms.